The molecular weight excluding hydrogens is 188 g/mol. The van der Waals surface area contributed by atoms with Gasteiger partial charge in [0.15, 0.2) is 0 Å². The number of phenols is 1. The Bertz CT molecular complexity index is 300. The van der Waals surface area contributed by atoms with Crippen LogP contribution in [0.5, 0.6) is 5.75 Å². The quantitative estimate of drug-likeness (QED) is 0.382. The van der Waals surface area contributed by atoms with Gasteiger partial charge in [0.2, 0.25) is 0 Å². The molecule has 15 heavy (non-hydrogen) atoms. The molecule has 84 valence electrons. The maximum absolute atomic E-state index is 9.39. The third-order valence-corrected chi connectivity index (χ3v) is 2.45. The fourth-order valence-corrected chi connectivity index (χ4v) is 1.48. The Labute approximate surface area is 91.3 Å². The number of para-hydroxylation sites is 1. The van der Waals surface area contributed by atoms with Gasteiger partial charge >= 0.3 is 0 Å². The van der Waals surface area contributed by atoms with Crippen LogP contribution >= 0.6 is 0 Å². The van der Waals surface area contributed by atoms with Crippen molar-refractivity contribution < 1.29 is 5.11 Å². The number of hydrogen-bond acceptors (Lipinski definition) is 3. The molecule has 0 bridgehead atoms. The largest absolute Gasteiger partial charge is 0.506 e. The van der Waals surface area contributed by atoms with Crippen LogP contribution in [0, 0.1) is 0 Å². The minimum absolute atomic E-state index is 0.169. The van der Waals surface area contributed by atoms with E-state index in [0.717, 1.165) is 18.7 Å². The van der Waals surface area contributed by atoms with Crippen molar-refractivity contribution in [2.24, 2.45) is 0 Å². The van der Waals surface area contributed by atoms with Gasteiger partial charge in [-0.2, -0.15) is 0 Å². The maximum Gasteiger partial charge on any atom is 0.138 e. The van der Waals surface area contributed by atoms with Crippen LogP contribution in [0.2, 0.25) is 0 Å². The molecule has 0 unspecified atom stereocenters. The van der Waals surface area contributed by atoms with Crippen LogP contribution in [0.4, 0.5) is 5.69 Å². The van der Waals surface area contributed by atoms with E-state index in [0.29, 0.717) is 5.69 Å². The molecule has 0 saturated carbocycles. The lowest BCUT2D eigenvalue weighted by molar-refractivity contribution is 0.477. The van der Waals surface area contributed by atoms with Crippen molar-refractivity contribution in [1.82, 2.24) is 5.32 Å². The van der Waals surface area contributed by atoms with Gasteiger partial charge in [-0.05, 0) is 24.6 Å². The Morgan fingerprint density at radius 3 is 2.87 bits per heavy atom. The standard InChI is InChI=1S/C12H20N2O/c1-2-3-4-8-14-9-10-6-5-7-11(15)12(10)13/h5-7,14-15H,2-4,8-9,13H2,1H3. The summed E-state index contributed by atoms with van der Waals surface area (Å²) < 4.78 is 0. The highest BCUT2D eigenvalue weighted by atomic mass is 16.3. The number of rotatable bonds is 6. The first-order chi connectivity index (χ1) is 7.25. The zero-order valence-electron chi connectivity index (χ0n) is 9.29. The summed E-state index contributed by atoms with van der Waals surface area (Å²) in [4.78, 5) is 0. The fourth-order valence-electron chi connectivity index (χ4n) is 1.48. The number of nitrogens with two attached hydrogens (primary N) is 1. The van der Waals surface area contributed by atoms with E-state index in [1.165, 1.54) is 19.3 Å². The first kappa shape index (κ1) is 11.9. The van der Waals surface area contributed by atoms with E-state index < -0.39 is 0 Å². The van der Waals surface area contributed by atoms with Crippen LogP contribution < -0.4 is 11.1 Å². The van der Waals surface area contributed by atoms with Gasteiger partial charge in [0, 0.05) is 6.54 Å². The number of nitrogen functional groups attached to an aromatic ring is 1. The number of nitrogens with one attached hydrogen (secondary N) is 1. The van der Waals surface area contributed by atoms with Gasteiger partial charge in [0.1, 0.15) is 5.75 Å². The van der Waals surface area contributed by atoms with E-state index in [1.807, 2.05) is 12.1 Å². The smallest absolute Gasteiger partial charge is 0.138 e. The zero-order chi connectivity index (χ0) is 11.1. The van der Waals surface area contributed by atoms with E-state index in [9.17, 15) is 5.11 Å². The zero-order valence-corrected chi connectivity index (χ0v) is 9.29. The third kappa shape index (κ3) is 3.80. The van der Waals surface area contributed by atoms with Crippen LogP contribution in [0.25, 0.3) is 0 Å². The lowest BCUT2D eigenvalue weighted by Gasteiger charge is -2.08. The van der Waals surface area contributed by atoms with Gasteiger partial charge in [0.05, 0.1) is 5.69 Å². The monoisotopic (exact) mass is 208 g/mol. The number of anilines is 1. The predicted molar refractivity (Wildman–Crippen MR) is 63.8 cm³/mol. The molecule has 0 spiro atoms. The van der Waals surface area contributed by atoms with E-state index in [-0.39, 0.29) is 5.75 Å². The molecule has 3 nitrogen and oxygen atoms in total. The molecule has 1 rings (SSSR count). The van der Waals surface area contributed by atoms with Crippen LogP contribution in [-0.4, -0.2) is 11.7 Å². The molecule has 0 radical (unpaired) electrons. The number of benzene rings is 1. The van der Waals surface area contributed by atoms with E-state index in [2.05, 4.69) is 12.2 Å². The molecule has 0 aliphatic carbocycles. The molecule has 1 aromatic carbocycles. The first-order valence-electron chi connectivity index (χ1n) is 5.52. The lowest BCUT2D eigenvalue weighted by atomic mass is 10.1. The van der Waals surface area contributed by atoms with Gasteiger partial charge in [-0.1, -0.05) is 31.9 Å². The Kier molecular flexibility index (Phi) is 4.98. The predicted octanol–water partition coefficient (Wildman–Crippen LogP) is 2.25. The van der Waals surface area contributed by atoms with Crippen molar-refractivity contribution in [1.29, 1.82) is 0 Å². The van der Waals surface area contributed by atoms with Gasteiger partial charge in [0.25, 0.3) is 0 Å². The van der Waals surface area contributed by atoms with Crippen LogP contribution in [0.1, 0.15) is 31.7 Å². The molecule has 4 N–H and O–H groups in total. The number of phenolic OH excluding ortho intramolecular Hbond substituents is 1. The highest BCUT2D eigenvalue weighted by molar-refractivity contribution is 5.57. The molecule has 0 atom stereocenters. The third-order valence-electron chi connectivity index (χ3n) is 2.45. The Balaban J connectivity index is 2.34. The van der Waals surface area contributed by atoms with E-state index in [4.69, 9.17) is 5.73 Å². The van der Waals surface area contributed by atoms with Crippen LogP contribution in [0.3, 0.4) is 0 Å². The summed E-state index contributed by atoms with van der Waals surface area (Å²) in [6.07, 6.45) is 3.67. The highest BCUT2D eigenvalue weighted by Gasteiger charge is 2.02. The van der Waals surface area contributed by atoms with E-state index in [1.54, 1.807) is 6.07 Å². The van der Waals surface area contributed by atoms with Crippen molar-refractivity contribution >= 4 is 5.69 Å². The molecule has 0 heterocycles. The molecule has 0 aliphatic heterocycles. The Morgan fingerprint density at radius 2 is 2.13 bits per heavy atom. The summed E-state index contributed by atoms with van der Waals surface area (Å²) in [6.45, 7) is 3.92. The molecule has 0 aliphatic rings. The lowest BCUT2D eigenvalue weighted by Crippen LogP contribution is -2.15. The summed E-state index contributed by atoms with van der Waals surface area (Å²) in [6, 6.07) is 5.35. The first-order valence-corrected chi connectivity index (χ1v) is 5.52. The summed E-state index contributed by atoms with van der Waals surface area (Å²) >= 11 is 0. The van der Waals surface area contributed by atoms with Crippen molar-refractivity contribution in [2.75, 3.05) is 12.3 Å². The van der Waals surface area contributed by atoms with Crippen molar-refractivity contribution in [3.8, 4) is 5.75 Å². The second-order valence-corrected chi connectivity index (χ2v) is 3.73. The normalized spacial score (nSPS) is 10.5. The summed E-state index contributed by atoms with van der Waals surface area (Å²) in [5, 5.41) is 12.7. The molecule has 1 aromatic rings. The minimum atomic E-state index is 0.169. The van der Waals surface area contributed by atoms with Crippen molar-refractivity contribution in [3.05, 3.63) is 23.8 Å². The Morgan fingerprint density at radius 1 is 1.33 bits per heavy atom. The second kappa shape index (κ2) is 6.30. The summed E-state index contributed by atoms with van der Waals surface area (Å²) in [7, 11) is 0. The van der Waals surface area contributed by atoms with Gasteiger partial charge in [-0.3, -0.25) is 0 Å². The number of hydrogen-bond donors (Lipinski definition) is 3. The topological polar surface area (TPSA) is 58.3 Å². The maximum atomic E-state index is 9.39. The second-order valence-electron chi connectivity index (χ2n) is 3.73. The number of aromatic hydroxyl groups is 1. The summed E-state index contributed by atoms with van der Waals surface area (Å²) in [5.74, 6) is 0.169. The molecule has 0 saturated heterocycles. The van der Waals surface area contributed by atoms with Gasteiger partial charge < -0.3 is 16.2 Å². The van der Waals surface area contributed by atoms with Gasteiger partial charge in [-0.25, -0.2) is 0 Å². The van der Waals surface area contributed by atoms with E-state index >= 15 is 0 Å². The molecular formula is C12H20N2O. The molecule has 0 aromatic heterocycles. The highest BCUT2D eigenvalue weighted by Crippen LogP contribution is 2.22. The Hall–Kier alpha value is -1.22. The molecule has 3 heteroatoms. The average Bonchev–Trinajstić information content (AvgIpc) is 2.24. The van der Waals surface area contributed by atoms with Crippen molar-refractivity contribution in [3.63, 3.8) is 0 Å². The van der Waals surface area contributed by atoms with Crippen LogP contribution in [0.15, 0.2) is 18.2 Å². The number of unbranched alkanes of at least 4 members (excludes halogenated alkanes) is 2. The van der Waals surface area contributed by atoms with Gasteiger partial charge in [-0.15, -0.1) is 0 Å². The van der Waals surface area contributed by atoms with Crippen molar-refractivity contribution in [2.45, 2.75) is 32.7 Å². The molecule has 0 fully saturated rings. The SMILES string of the molecule is CCCCCNCc1cccc(O)c1N. The average molecular weight is 208 g/mol. The molecule has 0 amide bonds. The van der Waals surface area contributed by atoms with Crippen LogP contribution in [-0.2, 0) is 6.54 Å². The minimum Gasteiger partial charge on any atom is -0.506 e. The summed E-state index contributed by atoms with van der Waals surface area (Å²) in [5.41, 5.74) is 7.18. The fraction of sp³-hybridized carbons (Fsp3) is 0.500.